The van der Waals surface area contributed by atoms with Gasteiger partial charge in [0.15, 0.2) is 0 Å². The zero-order chi connectivity index (χ0) is 15.4. The second-order valence-corrected chi connectivity index (χ2v) is 3.43. The molecule has 0 saturated carbocycles. The van der Waals surface area contributed by atoms with Gasteiger partial charge in [-0.1, -0.05) is 0 Å². The number of carbonyl (C=O) groups is 3. The molecule has 0 rings (SSSR count). The normalized spacial score (nSPS) is 9.11. The molecule has 0 heterocycles. The minimum absolute atomic E-state index is 0.278. The third-order valence-corrected chi connectivity index (χ3v) is 0.727. The number of aliphatic carboxylic acids is 3. The molecule has 12 heteroatoms. The van der Waals surface area contributed by atoms with E-state index in [1.165, 1.54) is 0 Å². The lowest BCUT2D eigenvalue weighted by Gasteiger charge is -1.85. The molecule has 0 saturated heterocycles. The molecule has 0 aliphatic rings. The molecule has 108 valence electrons. The van der Waals surface area contributed by atoms with E-state index in [4.69, 9.17) is 34.6 Å². The predicted molar refractivity (Wildman–Crippen MR) is 55.5 cm³/mol. The minimum Gasteiger partial charge on any atom is -0.481 e. The number of rotatable bonds is 4. The maximum absolute atomic E-state index is 9.64. The van der Waals surface area contributed by atoms with Crippen LogP contribution in [-0.4, -0.2) is 54.5 Å². The Bertz CT molecular complexity index is 287. The van der Waals surface area contributed by atoms with Gasteiger partial charge in [-0.15, -0.1) is 0 Å². The van der Waals surface area contributed by atoms with E-state index < -0.39 is 25.7 Å². The van der Waals surface area contributed by atoms with Gasteiger partial charge in [-0.05, 0) is 0 Å². The molecular formula is C6H14NO10P. The molecular weight excluding hydrogens is 277 g/mol. The lowest BCUT2D eigenvalue weighted by molar-refractivity contribution is -0.143. The van der Waals surface area contributed by atoms with Crippen LogP contribution >= 0.6 is 7.82 Å². The van der Waals surface area contributed by atoms with Crippen molar-refractivity contribution in [1.29, 1.82) is 0 Å². The Morgan fingerprint density at radius 2 is 1.00 bits per heavy atom. The van der Waals surface area contributed by atoms with Gasteiger partial charge in [-0.3, -0.25) is 14.4 Å². The fourth-order valence-electron chi connectivity index (χ4n) is 0.214. The van der Waals surface area contributed by atoms with Crippen molar-refractivity contribution in [2.75, 3.05) is 6.54 Å². The first-order chi connectivity index (χ1) is 7.90. The van der Waals surface area contributed by atoms with E-state index in [-0.39, 0.29) is 19.4 Å². The van der Waals surface area contributed by atoms with Gasteiger partial charge in [0.05, 0.1) is 19.4 Å². The molecule has 11 nitrogen and oxygen atoms in total. The molecule has 0 aromatic carbocycles. The summed E-state index contributed by atoms with van der Waals surface area (Å²) >= 11 is 0. The summed E-state index contributed by atoms with van der Waals surface area (Å²) in [4.78, 5) is 50.1. The standard InChI is InChI=1S/C4H6O4.C2H5NO2.H3O4P/c5-3(6)1-2-4(7)8;3-1-2(4)5;1-5(2,3)4/h1-2H2,(H,5,6)(H,7,8);1,3H2,(H,4,5);(H3,1,2,3,4). The molecule has 0 radical (unpaired) electrons. The summed E-state index contributed by atoms with van der Waals surface area (Å²) < 4.78 is 8.88. The van der Waals surface area contributed by atoms with Crippen LogP contribution in [0, 0.1) is 0 Å². The molecule has 0 fully saturated rings. The lowest BCUT2D eigenvalue weighted by Crippen LogP contribution is -2.10. The molecule has 0 atom stereocenters. The number of hydrogen-bond acceptors (Lipinski definition) is 5. The molecule has 0 aliphatic heterocycles. The van der Waals surface area contributed by atoms with Crippen LogP contribution in [0.15, 0.2) is 0 Å². The lowest BCUT2D eigenvalue weighted by atomic mass is 10.3. The number of carboxylic acids is 3. The van der Waals surface area contributed by atoms with Crippen molar-refractivity contribution in [2.45, 2.75) is 12.8 Å². The van der Waals surface area contributed by atoms with Crippen molar-refractivity contribution in [3.8, 4) is 0 Å². The van der Waals surface area contributed by atoms with Gasteiger partial charge in [-0.2, -0.15) is 0 Å². The summed E-state index contributed by atoms with van der Waals surface area (Å²) in [6.45, 7) is -0.278. The Morgan fingerprint density at radius 1 is 0.833 bits per heavy atom. The van der Waals surface area contributed by atoms with Crippen molar-refractivity contribution in [2.24, 2.45) is 5.73 Å². The smallest absolute Gasteiger partial charge is 0.466 e. The molecule has 0 amide bonds. The van der Waals surface area contributed by atoms with Gasteiger partial charge < -0.3 is 35.7 Å². The minimum atomic E-state index is -4.64. The number of hydrogen-bond donors (Lipinski definition) is 7. The second kappa shape index (κ2) is 12.0. The van der Waals surface area contributed by atoms with Gasteiger partial charge in [-0.25, -0.2) is 4.57 Å². The summed E-state index contributed by atoms with van der Waals surface area (Å²) in [5, 5.41) is 23.4. The van der Waals surface area contributed by atoms with Crippen LogP contribution in [0.5, 0.6) is 0 Å². The summed E-state index contributed by atoms with van der Waals surface area (Å²) in [6, 6.07) is 0. The van der Waals surface area contributed by atoms with E-state index in [0.717, 1.165) is 0 Å². The van der Waals surface area contributed by atoms with E-state index in [1.54, 1.807) is 0 Å². The highest BCUT2D eigenvalue weighted by Gasteiger charge is 2.00. The average molecular weight is 291 g/mol. The van der Waals surface area contributed by atoms with Crippen LogP contribution < -0.4 is 5.73 Å². The zero-order valence-corrected chi connectivity index (χ0v) is 9.86. The average Bonchev–Trinajstić information content (AvgIpc) is 2.13. The van der Waals surface area contributed by atoms with Crippen molar-refractivity contribution in [3.63, 3.8) is 0 Å². The predicted octanol–water partition coefficient (Wildman–Crippen LogP) is -1.96. The van der Waals surface area contributed by atoms with Crippen LogP contribution in [0.2, 0.25) is 0 Å². The summed E-state index contributed by atoms with van der Waals surface area (Å²) in [6.07, 6.45) is -0.593. The van der Waals surface area contributed by atoms with Crippen LogP contribution in [-0.2, 0) is 18.9 Å². The molecule has 0 unspecified atom stereocenters. The molecule has 8 N–H and O–H groups in total. The monoisotopic (exact) mass is 291 g/mol. The van der Waals surface area contributed by atoms with Gasteiger partial charge >= 0.3 is 25.7 Å². The first kappa shape index (κ1) is 21.7. The SMILES string of the molecule is NCC(=O)O.O=C(O)CCC(=O)O.O=P(O)(O)O. The molecule has 0 bridgehead atoms. The Kier molecular flexibility index (Phi) is 14.4. The van der Waals surface area contributed by atoms with E-state index in [2.05, 4.69) is 5.73 Å². The maximum atomic E-state index is 9.64. The Hall–Kier alpha value is -1.52. The van der Waals surface area contributed by atoms with Gasteiger partial charge in [0, 0.05) is 0 Å². The van der Waals surface area contributed by atoms with Crippen LogP contribution in [0.3, 0.4) is 0 Å². The Morgan fingerprint density at radius 3 is 1.06 bits per heavy atom. The highest BCUT2D eigenvalue weighted by molar-refractivity contribution is 7.45. The molecule has 0 spiro atoms. The summed E-state index contributed by atoms with van der Waals surface area (Å²) in [5.74, 6) is -3.12. The van der Waals surface area contributed by atoms with Gasteiger partial charge in [0.2, 0.25) is 0 Å². The number of phosphoric acid groups is 1. The van der Waals surface area contributed by atoms with E-state index in [9.17, 15) is 14.4 Å². The summed E-state index contributed by atoms with van der Waals surface area (Å²) in [7, 11) is -4.64. The first-order valence-electron chi connectivity index (χ1n) is 4.03. The second-order valence-electron chi connectivity index (χ2n) is 2.40. The third kappa shape index (κ3) is 87.6. The molecule has 0 aromatic heterocycles. The van der Waals surface area contributed by atoms with Crippen molar-refractivity contribution >= 4 is 25.7 Å². The first-order valence-corrected chi connectivity index (χ1v) is 5.60. The Balaban J connectivity index is -0.000000197. The topological polar surface area (TPSA) is 216 Å². The number of carboxylic acid groups (broad SMARTS) is 3. The van der Waals surface area contributed by atoms with E-state index in [1.807, 2.05) is 0 Å². The van der Waals surface area contributed by atoms with Gasteiger partial charge in [0.25, 0.3) is 0 Å². The maximum Gasteiger partial charge on any atom is 0.466 e. The van der Waals surface area contributed by atoms with Crippen LogP contribution in [0.1, 0.15) is 12.8 Å². The third-order valence-electron chi connectivity index (χ3n) is 0.727. The molecule has 0 aliphatic carbocycles. The quantitative estimate of drug-likeness (QED) is 0.282. The van der Waals surface area contributed by atoms with Crippen molar-refractivity contribution in [1.82, 2.24) is 0 Å². The van der Waals surface area contributed by atoms with Crippen LogP contribution in [0.25, 0.3) is 0 Å². The largest absolute Gasteiger partial charge is 0.481 e. The van der Waals surface area contributed by atoms with E-state index in [0.29, 0.717) is 0 Å². The highest BCUT2D eigenvalue weighted by Crippen LogP contribution is 2.25. The van der Waals surface area contributed by atoms with E-state index >= 15 is 0 Å². The fourth-order valence-corrected chi connectivity index (χ4v) is 0.214. The molecule has 18 heavy (non-hydrogen) atoms. The number of nitrogens with two attached hydrogens (primary N) is 1. The van der Waals surface area contributed by atoms with Crippen molar-refractivity contribution in [3.05, 3.63) is 0 Å². The fraction of sp³-hybridized carbons (Fsp3) is 0.500. The summed E-state index contributed by atoms with van der Waals surface area (Å²) in [5.41, 5.74) is 4.57. The van der Waals surface area contributed by atoms with Gasteiger partial charge in [0.1, 0.15) is 0 Å². The van der Waals surface area contributed by atoms with Crippen molar-refractivity contribution < 1.29 is 48.9 Å². The Labute approximate surface area is 101 Å². The van der Waals surface area contributed by atoms with Crippen LogP contribution in [0.4, 0.5) is 0 Å². The highest BCUT2D eigenvalue weighted by atomic mass is 31.2. The molecule has 0 aromatic rings. The zero-order valence-electron chi connectivity index (χ0n) is 8.96.